The highest BCUT2D eigenvalue weighted by molar-refractivity contribution is 8.00. The van der Waals surface area contributed by atoms with E-state index in [1.54, 1.807) is 0 Å². The van der Waals surface area contributed by atoms with Crippen LogP contribution in [0.15, 0.2) is 58.4 Å². The number of fused-ring (bicyclic) bond motifs is 1. The van der Waals surface area contributed by atoms with Gasteiger partial charge in [0.25, 0.3) is 0 Å². The quantitative estimate of drug-likeness (QED) is 0.811. The van der Waals surface area contributed by atoms with Crippen molar-refractivity contribution in [1.82, 2.24) is 0 Å². The van der Waals surface area contributed by atoms with E-state index in [2.05, 4.69) is 37.3 Å². The lowest BCUT2D eigenvalue weighted by atomic mass is 10.1. The molecule has 2 aromatic carbocycles. The number of rotatable bonds is 4. The van der Waals surface area contributed by atoms with Crippen molar-refractivity contribution in [3.05, 3.63) is 54.1 Å². The molecule has 3 rings (SSSR count). The smallest absolute Gasteiger partial charge is 0.119 e. The van der Waals surface area contributed by atoms with Gasteiger partial charge in [0.15, 0.2) is 0 Å². The molecule has 2 aromatic rings. The van der Waals surface area contributed by atoms with Gasteiger partial charge in [-0.15, -0.1) is 11.8 Å². The number of thioether (sulfide) groups is 1. The lowest BCUT2D eigenvalue weighted by Crippen LogP contribution is -2.07. The minimum Gasteiger partial charge on any atom is -0.494 e. The van der Waals surface area contributed by atoms with Crippen molar-refractivity contribution >= 4 is 23.2 Å². The Hall–Kier alpha value is -1.74. The monoisotopic (exact) mass is 283 g/mol. The lowest BCUT2D eigenvalue weighted by molar-refractivity contribution is 0.317. The highest BCUT2D eigenvalue weighted by atomic mass is 32.2. The van der Waals surface area contributed by atoms with Crippen molar-refractivity contribution in [2.45, 2.75) is 18.2 Å². The fraction of sp³-hybridized carbons (Fsp3) is 0.235. The third-order valence-electron chi connectivity index (χ3n) is 3.15. The summed E-state index contributed by atoms with van der Waals surface area (Å²) in [6.07, 6.45) is 1.03. The predicted octanol–water partition coefficient (Wildman–Crippen LogP) is 4.70. The van der Waals surface area contributed by atoms with E-state index in [9.17, 15) is 0 Å². The molecule has 3 heteroatoms. The zero-order valence-corrected chi connectivity index (χ0v) is 12.3. The van der Waals surface area contributed by atoms with Crippen LogP contribution in [0.2, 0.25) is 0 Å². The molecule has 1 aliphatic heterocycles. The molecular weight excluding hydrogens is 266 g/mol. The maximum Gasteiger partial charge on any atom is 0.119 e. The summed E-state index contributed by atoms with van der Waals surface area (Å²) in [6, 6.07) is 16.5. The minimum atomic E-state index is 0.767. The van der Waals surface area contributed by atoms with Crippen molar-refractivity contribution in [2.24, 2.45) is 4.99 Å². The van der Waals surface area contributed by atoms with Crippen LogP contribution in [0, 0.1) is 0 Å². The fourth-order valence-corrected chi connectivity index (χ4v) is 3.07. The predicted molar refractivity (Wildman–Crippen MR) is 85.6 cm³/mol. The Morgan fingerprint density at radius 3 is 2.70 bits per heavy atom. The number of ether oxygens (including phenoxy) is 1. The van der Waals surface area contributed by atoms with Crippen molar-refractivity contribution in [1.29, 1.82) is 0 Å². The maximum absolute atomic E-state index is 5.61. The van der Waals surface area contributed by atoms with E-state index >= 15 is 0 Å². The second-order valence-electron chi connectivity index (χ2n) is 4.69. The first kappa shape index (κ1) is 13.3. The number of hydrogen-bond donors (Lipinski definition) is 0. The van der Waals surface area contributed by atoms with Gasteiger partial charge >= 0.3 is 0 Å². The van der Waals surface area contributed by atoms with Crippen LogP contribution in [0.5, 0.6) is 5.75 Å². The molecule has 0 radical (unpaired) electrons. The molecule has 0 saturated heterocycles. The van der Waals surface area contributed by atoms with Gasteiger partial charge in [0.05, 0.1) is 18.0 Å². The van der Waals surface area contributed by atoms with Gasteiger partial charge in [0, 0.05) is 10.6 Å². The van der Waals surface area contributed by atoms with Crippen molar-refractivity contribution in [2.75, 3.05) is 12.4 Å². The van der Waals surface area contributed by atoms with Crippen LogP contribution < -0.4 is 4.74 Å². The summed E-state index contributed by atoms with van der Waals surface area (Å²) in [5.41, 5.74) is 3.39. The first-order chi connectivity index (χ1) is 9.86. The largest absolute Gasteiger partial charge is 0.494 e. The van der Waals surface area contributed by atoms with Crippen LogP contribution >= 0.6 is 11.8 Å². The van der Waals surface area contributed by atoms with Crippen LogP contribution in [0.1, 0.15) is 18.9 Å². The van der Waals surface area contributed by atoms with Gasteiger partial charge in [0.2, 0.25) is 0 Å². The Labute approximate surface area is 123 Å². The molecule has 102 valence electrons. The number of nitrogens with zero attached hydrogens (tertiary/aromatic N) is 1. The molecular formula is C17H17NOS. The summed E-state index contributed by atoms with van der Waals surface area (Å²) in [5, 5.41) is 0. The van der Waals surface area contributed by atoms with Crippen molar-refractivity contribution in [3.8, 4) is 5.75 Å². The first-order valence-corrected chi connectivity index (χ1v) is 7.88. The van der Waals surface area contributed by atoms with Crippen LogP contribution in [0.3, 0.4) is 0 Å². The van der Waals surface area contributed by atoms with Gasteiger partial charge in [-0.1, -0.05) is 19.1 Å². The van der Waals surface area contributed by atoms with Crippen molar-refractivity contribution < 1.29 is 4.74 Å². The normalized spacial score (nSPS) is 13.6. The fourth-order valence-electron chi connectivity index (χ4n) is 2.11. The van der Waals surface area contributed by atoms with E-state index in [1.807, 2.05) is 30.0 Å². The molecule has 0 fully saturated rings. The summed E-state index contributed by atoms with van der Waals surface area (Å²) in [5.74, 6) is 1.85. The average Bonchev–Trinajstić information content (AvgIpc) is 2.53. The second kappa shape index (κ2) is 6.14. The average molecular weight is 283 g/mol. The molecule has 0 bridgehead atoms. The molecule has 0 atom stereocenters. The summed E-state index contributed by atoms with van der Waals surface area (Å²) in [7, 11) is 0. The van der Waals surface area contributed by atoms with Crippen LogP contribution in [-0.4, -0.2) is 18.1 Å². The SMILES string of the molecule is CCCOc1ccc(C2=Nc3ccccc3SC2)cc1. The van der Waals surface area contributed by atoms with Crippen molar-refractivity contribution in [3.63, 3.8) is 0 Å². The highest BCUT2D eigenvalue weighted by Crippen LogP contribution is 2.34. The zero-order chi connectivity index (χ0) is 13.8. The Bertz CT molecular complexity index is 619. The van der Waals surface area contributed by atoms with Gasteiger partial charge < -0.3 is 4.74 Å². The lowest BCUT2D eigenvalue weighted by Gasteiger charge is -2.15. The topological polar surface area (TPSA) is 21.6 Å². The first-order valence-electron chi connectivity index (χ1n) is 6.89. The van der Waals surface area contributed by atoms with Crippen LogP contribution in [-0.2, 0) is 0 Å². The third-order valence-corrected chi connectivity index (χ3v) is 4.22. The Morgan fingerprint density at radius 2 is 1.90 bits per heavy atom. The highest BCUT2D eigenvalue weighted by Gasteiger charge is 2.13. The summed E-state index contributed by atoms with van der Waals surface area (Å²) in [6.45, 7) is 2.88. The van der Waals surface area contributed by atoms with Gasteiger partial charge in [-0.25, -0.2) is 0 Å². The maximum atomic E-state index is 5.61. The Balaban J connectivity index is 1.82. The molecule has 2 nitrogen and oxygen atoms in total. The van der Waals surface area contributed by atoms with Crippen LogP contribution in [0.4, 0.5) is 5.69 Å². The molecule has 0 spiro atoms. The Morgan fingerprint density at radius 1 is 1.10 bits per heavy atom. The molecule has 1 heterocycles. The number of aliphatic imine (C=N–C) groups is 1. The molecule has 0 aliphatic carbocycles. The summed E-state index contributed by atoms with van der Waals surface area (Å²) < 4.78 is 5.61. The number of hydrogen-bond acceptors (Lipinski definition) is 3. The van der Waals surface area contributed by atoms with E-state index in [4.69, 9.17) is 9.73 Å². The second-order valence-corrected chi connectivity index (χ2v) is 5.70. The molecule has 0 amide bonds. The van der Waals surface area contributed by atoms with E-state index in [0.717, 1.165) is 35.9 Å². The summed E-state index contributed by atoms with van der Waals surface area (Å²) >= 11 is 1.85. The standard InChI is InChI=1S/C17H17NOS/c1-2-11-19-14-9-7-13(8-10-14)16-12-20-17-6-4-3-5-15(17)18-16/h3-10H,2,11-12H2,1H3. The third kappa shape index (κ3) is 2.88. The molecule has 20 heavy (non-hydrogen) atoms. The molecule has 1 aliphatic rings. The van der Waals surface area contributed by atoms with Gasteiger partial charge in [-0.2, -0.15) is 0 Å². The summed E-state index contributed by atoms with van der Waals surface area (Å²) in [4.78, 5) is 6.03. The molecule has 0 N–H and O–H groups in total. The minimum absolute atomic E-state index is 0.767. The van der Waals surface area contributed by atoms with Crippen LogP contribution in [0.25, 0.3) is 0 Å². The van der Waals surface area contributed by atoms with Gasteiger partial charge in [0.1, 0.15) is 5.75 Å². The Kier molecular flexibility index (Phi) is 4.07. The molecule has 0 saturated carbocycles. The van der Waals surface area contributed by atoms with E-state index in [0.29, 0.717) is 0 Å². The van der Waals surface area contributed by atoms with E-state index in [1.165, 1.54) is 10.5 Å². The van der Waals surface area contributed by atoms with E-state index < -0.39 is 0 Å². The number of para-hydroxylation sites is 1. The molecule has 0 aromatic heterocycles. The number of benzene rings is 2. The van der Waals surface area contributed by atoms with Gasteiger partial charge in [-0.05, 0) is 48.4 Å². The van der Waals surface area contributed by atoms with Gasteiger partial charge in [-0.3, -0.25) is 4.99 Å². The molecule has 0 unspecified atom stereocenters. The van der Waals surface area contributed by atoms with E-state index in [-0.39, 0.29) is 0 Å². The zero-order valence-electron chi connectivity index (χ0n) is 11.5.